The van der Waals surface area contributed by atoms with Crippen molar-refractivity contribution in [3.05, 3.63) is 28.1 Å². The zero-order valence-electron chi connectivity index (χ0n) is 11.4. The van der Waals surface area contributed by atoms with Crippen LogP contribution in [0.1, 0.15) is 19.3 Å². The van der Waals surface area contributed by atoms with E-state index in [0.29, 0.717) is 0 Å². The van der Waals surface area contributed by atoms with E-state index in [2.05, 4.69) is 5.32 Å². The fourth-order valence-electron chi connectivity index (χ4n) is 2.53. The lowest BCUT2D eigenvalue weighted by molar-refractivity contribution is -0.385. The van der Waals surface area contributed by atoms with E-state index in [1.54, 1.807) is 7.11 Å². The number of nitrogens with zero attached hydrogens (tertiary/aromatic N) is 1. The molecule has 1 aromatic carbocycles. The summed E-state index contributed by atoms with van der Waals surface area (Å²) in [4.78, 5) is 10.1. The quantitative estimate of drug-likeness (QED) is 0.664. The number of benzene rings is 1. The maximum absolute atomic E-state index is 13.9. The van der Waals surface area contributed by atoms with Crippen molar-refractivity contribution in [1.29, 1.82) is 0 Å². The zero-order chi connectivity index (χ0) is 14.7. The molecule has 1 N–H and O–H groups in total. The average Bonchev–Trinajstić information content (AvgIpc) is 2.87. The highest BCUT2D eigenvalue weighted by Gasteiger charge is 2.28. The van der Waals surface area contributed by atoms with Gasteiger partial charge in [0, 0.05) is 13.2 Å². The van der Waals surface area contributed by atoms with Crippen LogP contribution < -0.4 is 10.1 Å². The third kappa shape index (κ3) is 2.82. The second-order valence-corrected chi connectivity index (χ2v) is 4.72. The first-order valence-corrected chi connectivity index (χ1v) is 6.38. The molecular formula is C13H17FN2O4. The topological polar surface area (TPSA) is 73.6 Å². The highest BCUT2D eigenvalue weighted by molar-refractivity contribution is 5.59. The summed E-state index contributed by atoms with van der Waals surface area (Å²) in [5.41, 5.74) is -0.188. The molecule has 0 heterocycles. The van der Waals surface area contributed by atoms with E-state index in [1.165, 1.54) is 13.2 Å². The Labute approximate surface area is 116 Å². The van der Waals surface area contributed by atoms with Crippen LogP contribution in [-0.4, -0.2) is 31.3 Å². The Morgan fingerprint density at radius 1 is 1.40 bits per heavy atom. The number of hydrogen-bond acceptors (Lipinski definition) is 5. The van der Waals surface area contributed by atoms with Gasteiger partial charge in [0.1, 0.15) is 0 Å². The van der Waals surface area contributed by atoms with Crippen molar-refractivity contribution in [1.82, 2.24) is 0 Å². The Morgan fingerprint density at radius 2 is 2.15 bits per heavy atom. The number of ether oxygens (including phenoxy) is 2. The molecule has 7 heteroatoms. The van der Waals surface area contributed by atoms with E-state index >= 15 is 0 Å². The van der Waals surface area contributed by atoms with E-state index in [9.17, 15) is 14.5 Å². The molecule has 1 aliphatic rings. The molecule has 0 aliphatic heterocycles. The van der Waals surface area contributed by atoms with Crippen molar-refractivity contribution in [3.8, 4) is 5.75 Å². The molecule has 1 aliphatic carbocycles. The standard InChI is InChI=1S/C13H17FN2O4/c1-19-12-5-3-4-9(12)15-10-7-13(20-2)11(16(17)18)6-8(10)14/h6-7,9,12,15H,3-5H2,1-2H3. The highest BCUT2D eigenvalue weighted by atomic mass is 19.1. The molecule has 2 atom stereocenters. The molecule has 0 radical (unpaired) electrons. The lowest BCUT2D eigenvalue weighted by Gasteiger charge is -2.21. The van der Waals surface area contributed by atoms with Crippen molar-refractivity contribution in [2.24, 2.45) is 0 Å². The van der Waals surface area contributed by atoms with Crippen LogP contribution in [0.2, 0.25) is 0 Å². The van der Waals surface area contributed by atoms with Gasteiger partial charge in [0.15, 0.2) is 11.6 Å². The van der Waals surface area contributed by atoms with E-state index in [4.69, 9.17) is 9.47 Å². The molecule has 1 aromatic rings. The number of hydrogen-bond donors (Lipinski definition) is 1. The first-order chi connectivity index (χ1) is 9.56. The SMILES string of the molecule is COc1cc(NC2CCCC2OC)c(F)cc1[N+](=O)[O-]. The van der Waals surface area contributed by atoms with Crippen molar-refractivity contribution in [2.45, 2.75) is 31.4 Å². The highest BCUT2D eigenvalue weighted by Crippen LogP contribution is 2.34. The van der Waals surface area contributed by atoms with Crippen LogP contribution in [0.3, 0.4) is 0 Å². The van der Waals surface area contributed by atoms with Gasteiger partial charge in [0.05, 0.1) is 35.9 Å². The van der Waals surface area contributed by atoms with Gasteiger partial charge in [-0.15, -0.1) is 0 Å². The first kappa shape index (κ1) is 14.5. The summed E-state index contributed by atoms with van der Waals surface area (Å²) in [5.74, 6) is -0.634. The summed E-state index contributed by atoms with van der Waals surface area (Å²) in [6, 6.07) is 2.19. The summed E-state index contributed by atoms with van der Waals surface area (Å²) < 4.78 is 24.2. The van der Waals surface area contributed by atoms with Crippen molar-refractivity contribution in [3.63, 3.8) is 0 Å². The number of nitro benzene ring substituents is 1. The minimum absolute atomic E-state index is 0.000613. The van der Waals surface area contributed by atoms with Crippen LogP contribution in [-0.2, 0) is 4.74 Å². The van der Waals surface area contributed by atoms with Crippen LogP contribution in [0.15, 0.2) is 12.1 Å². The fraction of sp³-hybridized carbons (Fsp3) is 0.538. The summed E-state index contributed by atoms with van der Waals surface area (Å²) in [7, 11) is 2.94. The van der Waals surface area contributed by atoms with Gasteiger partial charge in [0.2, 0.25) is 0 Å². The Kier molecular flexibility index (Phi) is 4.39. The minimum Gasteiger partial charge on any atom is -0.490 e. The molecule has 20 heavy (non-hydrogen) atoms. The normalized spacial score (nSPS) is 21.8. The number of anilines is 1. The molecule has 0 amide bonds. The van der Waals surface area contributed by atoms with Crippen LogP contribution in [0, 0.1) is 15.9 Å². The van der Waals surface area contributed by atoms with Gasteiger partial charge in [0.25, 0.3) is 0 Å². The Morgan fingerprint density at radius 3 is 2.75 bits per heavy atom. The first-order valence-electron chi connectivity index (χ1n) is 6.38. The number of halogens is 1. The van der Waals surface area contributed by atoms with Gasteiger partial charge in [-0.1, -0.05) is 0 Å². The molecule has 110 valence electrons. The Balaban J connectivity index is 2.26. The molecule has 1 saturated carbocycles. The van der Waals surface area contributed by atoms with Gasteiger partial charge in [-0.25, -0.2) is 4.39 Å². The van der Waals surface area contributed by atoms with Crippen LogP contribution in [0.4, 0.5) is 15.8 Å². The summed E-state index contributed by atoms with van der Waals surface area (Å²) in [5, 5.41) is 13.9. The van der Waals surface area contributed by atoms with Crippen LogP contribution in [0.25, 0.3) is 0 Å². The fourth-order valence-corrected chi connectivity index (χ4v) is 2.53. The van der Waals surface area contributed by atoms with E-state index in [0.717, 1.165) is 25.3 Å². The third-order valence-corrected chi connectivity index (χ3v) is 3.56. The van der Waals surface area contributed by atoms with Crippen LogP contribution >= 0.6 is 0 Å². The molecule has 0 bridgehead atoms. The molecule has 0 saturated heterocycles. The van der Waals surface area contributed by atoms with Crippen molar-refractivity contribution in [2.75, 3.05) is 19.5 Å². The monoisotopic (exact) mass is 284 g/mol. The van der Waals surface area contributed by atoms with Crippen molar-refractivity contribution < 1.29 is 18.8 Å². The molecule has 2 unspecified atom stereocenters. The number of nitro groups is 1. The third-order valence-electron chi connectivity index (χ3n) is 3.56. The van der Waals surface area contributed by atoms with Gasteiger partial charge < -0.3 is 14.8 Å². The molecular weight excluding hydrogens is 267 g/mol. The second-order valence-electron chi connectivity index (χ2n) is 4.72. The van der Waals surface area contributed by atoms with Crippen LogP contribution in [0.5, 0.6) is 5.75 Å². The van der Waals surface area contributed by atoms with E-state index < -0.39 is 10.7 Å². The predicted molar refractivity (Wildman–Crippen MR) is 71.7 cm³/mol. The molecule has 6 nitrogen and oxygen atoms in total. The molecule has 0 aromatic heterocycles. The maximum atomic E-state index is 13.9. The van der Waals surface area contributed by atoms with Gasteiger partial charge in [-0.05, 0) is 19.3 Å². The summed E-state index contributed by atoms with van der Waals surface area (Å²) >= 11 is 0. The maximum Gasteiger partial charge on any atom is 0.313 e. The zero-order valence-corrected chi connectivity index (χ0v) is 11.4. The Bertz CT molecular complexity index is 509. The largest absolute Gasteiger partial charge is 0.490 e. The van der Waals surface area contributed by atoms with Gasteiger partial charge in [-0.3, -0.25) is 10.1 Å². The van der Waals surface area contributed by atoms with Gasteiger partial charge in [-0.2, -0.15) is 0 Å². The summed E-state index contributed by atoms with van der Waals surface area (Å²) in [6.45, 7) is 0. The Hall–Kier alpha value is -1.89. The molecule has 2 rings (SSSR count). The lowest BCUT2D eigenvalue weighted by Crippen LogP contribution is -2.30. The average molecular weight is 284 g/mol. The predicted octanol–water partition coefficient (Wildman–Crippen LogP) is 2.72. The lowest BCUT2D eigenvalue weighted by atomic mass is 10.1. The van der Waals surface area contributed by atoms with E-state index in [-0.39, 0.29) is 29.3 Å². The number of rotatable bonds is 5. The van der Waals surface area contributed by atoms with E-state index in [1.807, 2.05) is 0 Å². The second kappa shape index (κ2) is 6.04. The van der Waals surface area contributed by atoms with Crippen molar-refractivity contribution >= 4 is 11.4 Å². The smallest absolute Gasteiger partial charge is 0.313 e. The number of methoxy groups -OCH3 is 2. The molecule has 1 fully saturated rings. The number of nitrogens with one attached hydrogen (secondary N) is 1. The minimum atomic E-state index is -0.667. The summed E-state index contributed by atoms with van der Waals surface area (Å²) in [6.07, 6.45) is 2.81. The molecule has 0 spiro atoms. The van der Waals surface area contributed by atoms with Gasteiger partial charge >= 0.3 is 5.69 Å².